The maximum atomic E-state index is 14.0. The van der Waals surface area contributed by atoms with Gasteiger partial charge in [0.1, 0.15) is 17.4 Å². The minimum atomic E-state index is -4.59. The first-order chi connectivity index (χ1) is 13.8. The Hall–Kier alpha value is -3.36. The maximum Gasteiger partial charge on any atom is 0.416 e. The second-order valence-corrected chi connectivity index (χ2v) is 6.16. The van der Waals surface area contributed by atoms with Crippen LogP contribution >= 0.6 is 0 Å². The Bertz CT molecular complexity index is 1010. The summed E-state index contributed by atoms with van der Waals surface area (Å²) >= 11 is 0. The van der Waals surface area contributed by atoms with Gasteiger partial charge in [-0.25, -0.2) is 4.39 Å². The molecule has 29 heavy (non-hydrogen) atoms. The van der Waals surface area contributed by atoms with E-state index in [0.717, 1.165) is 12.1 Å². The van der Waals surface area contributed by atoms with Crippen LogP contribution in [0, 0.1) is 5.82 Å². The van der Waals surface area contributed by atoms with E-state index in [1.54, 1.807) is 18.2 Å². The number of methoxy groups -OCH3 is 1. The Balaban J connectivity index is 1.73. The minimum absolute atomic E-state index is 0.0763. The van der Waals surface area contributed by atoms with Gasteiger partial charge in [0.05, 0.1) is 18.4 Å². The molecule has 3 rings (SSSR count). The summed E-state index contributed by atoms with van der Waals surface area (Å²) in [7, 11) is 1.41. The summed E-state index contributed by atoms with van der Waals surface area (Å²) in [5, 5.41) is 12.6. The topological polar surface area (TPSA) is 67.3 Å². The summed E-state index contributed by atoms with van der Waals surface area (Å²) < 4.78 is 56.9. The van der Waals surface area contributed by atoms with Crippen molar-refractivity contribution < 1.29 is 27.4 Å². The van der Waals surface area contributed by atoms with Gasteiger partial charge < -0.3 is 15.2 Å². The van der Waals surface area contributed by atoms with Crippen molar-refractivity contribution in [2.24, 2.45) is 0 Å². The Morgan fingerprint density at radius 3 is 2.52 bits per heavy atom. The molecule has 0 atom stereocenters. The zero-order valence-electron chi connectivity index (χ0n) is 15.3. The number of rotatable bonds is 6. The molecule has 9 heteroatoms. The first kappa shape index (κ1) is 20.4. The molecule has 5 nitrogen and oxygen atoms in total. The third-order valence-corrected chi connectivity index (χ3v) is 4.11. The summed E-state index contributed by atoms with van der Waals surface area (Å²) in [5.41, 5.74) is 0.265. The summed E-state index contributed by atoms with van der Waals surface area (Å²) in [4.78, 5) is 8.38. The van der Waals surface area contributed by atoms with Gasteiger partial charge in [0.2, 0.25) is 0 Å². The fourth-order valence-electron chi connectivity index (χ4n) is 2.67. The number of aromatic hydroxyl groups is 1. The zero-order chi connectivity index (χ0) is 21.0. The van der Waals surface area contributed by atoms with E-state index in [0.29, 0.717) is 23.1 Å². The van der Waals surface area contributed by atoms with Gasteiger partial charge in [-0.2, -0.15) is 23.1 Å². The third-order valence-electron chi connectivity index (χ3n) is 4.11. The number of alkyl halides is 3. The molecular weight excluding hydrogens is 390 g/mol. The Labute approximate surface area is 164 Å². The van der Waals surface area contributed by atoms with Gasteiger partial charge in [-0.05, 0) is 36.2 Å². The minimum Gasteiger partial charge on any atom is -0.508 e. The SMILES string of the molecule is COc1nc(NCCc2ccc(C(F)(F)F)cc2F)cc(-c2cccc(O)c2)n1. The van der Waals surface area contributed by atoms with Crippen molar-refractivity contribution in [1.29, 1.82) is 0 Å². The van der Waals surface area contributed by atoms with Crippen LogP contribution in [0.15, 0.2) is 48.5 Å². The van der Waals surface area contributed by atoms with E-state index in [4.69, 9.17) is 4.74 Å². The number of phenolic OH excluding ortho intramolecular Hbond substituents is 1. The Kier molecular flexibility index (Phi) is 5.86. The highest BCUT2D eigenvalue weighted by atomic mass is 19.4. The molecule has 0 aliphatic carbocycles. The summed E-state index contributed by atoms with van der Waals surface area (Å²) in [6.07, 6.45) is -4.44. The molecule has 0 saturated heterocycles. The highest BCUT2D eigenvalue weighted by Gasteiger charge is 2.31. The number of phenols is 1. The highest BCUT2D eigenvalue weighted by Crippen LogP contribution is 2.30. The van der Waals surface area contributed by atoms with E-state index in [9.17, 15) is 22.7 Å². The average Bonchev–Trinajstić information content (AvgIpc) is 2.68. The van der Waals surface area contributed by atoms with Crippen LogP contribution in [0.25, 0.3) is 11.3 Å². The van der Waals surface area contributed by atoms with Crippen molar-refractivity contribution >= 4 is 5.82 Å². The van der Waals surface area contributed by atoms with E-state index in [1.165, 1.54) is 19.2 Å². The van der Waals surface area contributed by atoms with E-state index in [2.05, 4.69) is 15.3 Å². The molecular formula is C20H17F4N3O2. The van der Waals surface area contributed by atoms with Crippen molar-refractivity contribution in [2.75, 3.05) is 19.0 Å². The lowest BCUT2D eigenvalue weighted by Crippen LogP contribution is -2.10. The van der Waals surface area contributed by atoms with Crippen LogP contribution in [0.1, 0.15) is 11.1 Å². The Morgan fingerprint density at radius 2 is 1.86 bits per heavy atom. The summed E-state index contributed by atoms with van der Waals surface area (Å²) in [6.45, 7) is 0.224. The molecule has 0 aliphatic rings. The molecule has 1 aromatic heterocycles. The fraction of sp³-hybridized carbons (Fsp3) is 0.200. The van der Waals surface area contributed by atoms with E-state index < -0.39 is 17.6 Å². The molecule has 1 heterocycles. The first-order valence-corrected chi connectivity index (χ1v) is 8.58. The molecule has 0 spiro atoms. The lowest BCUT2D eigenvalue weighted by atomic mass is 10.1. The first-order valence-electron chi connectivity index (χ1n) is 8.58. The van der Waals surface area contributed by atoms with Crippen molar-refractivity contribution in [3.63, 3.8) is 0 Å². The van der Waals surface area contributed by atoms with Gasteiger partial charge in [-0.15, -0.1) is 0 Å². The molecule has 0 radical (unpaired) electrons. The molecule has 0 aliphatic heterocycles. The van der Waals surface area contributed by atoms with Crippen LogP contribution in [0.4, 0.5) is 23.4 Å². The molecule has 2 N–H and O–H groups in total. The van der Waals surface area contributed by atoms with Crippen molar-refractivity contribution in [3.05, 3.63) is 65.5 Å². The van der Waals surface area contributed by atoms with Gasteiger partial charge in [-0.1, -0.05) is 18.2 Å². The summed E-state index contributed by atoms with van der Waals surface area (Å²) in [6, 6.07) is 10.7. The van der Waals surface area contributed by atoms with Crippen LogP contribution < -0.4 is 10.1 Å². The van der Waals surface area contributed by atoms with Crippen LogP contribution in [-0.4, -0.2) is 28.7 Å². The fourth-order valence-corrected chi connectivity index (χ4v) is 2.67. The summed E-state index contributed by atoms with van der Waals surface area (Å²) in [5.74, 6) is -0.447. The number of halogens is 4. The Morgan fingerprint density at radius 1 is 1.07 bits per heavy atom. The van der Waals surface area contributed by atoms with Crippen molar-refractivity contribution in [1.82, 2.24) is 9.97 Å². The van der Waals surface area contributed by atoms with Crippen LogP contribution in [0.2, 0.25) is 0 Å². The molecule has 0 bridgehead atoms. The zero-order valence-corrected chi connectivity index (χ0v) is 15.3. The van der Waals surface area contributed by atoms with Crippen LogP contribution in [0.5, 0.6) is 11.8 Å². The number of nitrogens with one attached hydrogen (secondary N) is 1. The van der Waals surface area contributed by atoms with E-state index >= 15 is 0 Å². The van der Waals surface area contributed by atoms with Gasteiger partial charge in [0, 0.05) is 18.2 Å². The maximum absolute atomic E-state index is 14.0. The smallest absolute Gasteiger partial charge is 0.416 e. The van der Waals surface area contributed by atoms with Crippen molar-refractivity contribution in [3.8, 4) is 23.0 Å². The predicted octanol–water partition coefficient (Wildman–Crippen LogP) is 4.67. The van der Waals surface area contributed by atoms with Gasteiger partial charge >= 0.3 is 12.2 Å². The molecule has 2 aromatic carbocycles. The molecule has 0 saturated carbocycles. The van der Waals surface area contributed by atoms with E-state index in [1.807, 2.05) is 0 Å². The van der Waals surface area contributed by atoms with Crippen LogP contribution in [0.3, 0.4) is 0 Å². The molecule has 0 amide bonds. The largest absolute Gasteiger partial charge is 0.508 e. The van der Waals surface area contributed by atoms with E-state index in [-0.39, 0.29) is 30.3 Å². The molecule has 0 fully saturated rings. The monoisotopic (exact) mass is 407 g/mol. The normalized spacial score (nSPS) is 11.3. The average molecular weight is 407 g/mol. The number of hydrogen-bond acceptors (Lipinski definition) is 5. The highest BCUT2D eigenvalue weighted by molar-refractivity contribution is 5.64. The van der Waals surface area contributed by atoms with Crippen LogP contribution in [-0.2, 0) is 12.6 Å². The van der Waals surface area contributed by atoms with Gasteiger partial charge in [0.15, 0.2) is 0 Å². The predicted molar refractivity (Wildman–Crippen MR) is 99.3 cm³/mol. The quantitative estimate of drug-likeness (QED) is 0.582. The second kappa shape index (κ2) is 8.34. The number of nitrogens with zero attached hydrogens (tertiary/aromatic N) is 2. The number of anilines is 1. The number of aromatic nitrogens is 2. The lowest BCUT2D eigenvalue weighted by molar-refractivity contribution is -0.137. The van der Waals surface area contributed by atoms with Gasteiger partial charge in [-0.3, -0.25) is 0 Å². The number of benzene rings is 2. The number of hydrogen-bond donors (Lipinski definition) is 2. The number of ether oxygens (including phenoxy) is 1. The molecule has 0 unspecified atom stereocenters. The third kappa shape index (κ3) is 5.13. The molecule has 3 aromatic rings. The molecule has 152 valence electrons. The second-order valence-electron chi connectivity index (χ2n) is 6.16. The standard InChI is InChI=1S/C20H17F4N3O2/c1-29-19-26-17(13-3-2-4-15(28)9-13)11-18(27-19)25-8-7-12-5-6-14(10-16(12)21)20(22,23)24/h2-6,9-11,28H,7-8H2,1H3,(H,25,26,27). The van der Waals surface area contributed by atoms with Crippen molar-refractivity contribution in [2.45, 2.75) is 12.6 Å². The lowest BCUT2D eigenvalue weighted by Gasteiger charge is -2.11. The van der Waals surface area contributed by atoms with Gasteiger partial charge in [0.25, 0.3) is 0 Å².